The van der Waals surface area contributed by atoms with Gasteiger partial charge < -0.3 is 9.84 Å². The highest BCUT2D eigenvalue weighted by atomic mass is 19.1. The maximum Gasteiger partial charge on any atom is 0.140 e. The van der Waals surface area contributed by atoms with Crippen LogP contribution in [0.3, 0.4) is 0 Å². The minimum Gasteiger partial charge on any atom is -0.389 e. The van der Waals surface area contributed by atoms with Crippen LogP contribution in [0.1, 0.15) is 11.1 Å². The van der Waals surface area contributed by atoms with E-state index in [1.165, 1.54) is 19.2 Å². The van der Waals surface area contributed by atoms with Gasteiger partial charge in [0, 0.05) is 20.2 Å². The molecule has 1 N–H and O–H groups in total. The molecule has 18 heavy (non-hydrogen) atoms. The van der Waals surface area contributed by atoms with Crippen LogP contribution in [-0.2, 0) is 11.3 Å². The molecular formula is C13H17FN2O2. The summed E-state index contributed by atoms with van der Waals surface area (Å²) in [5.74, 6) is -0.511. The van der Waals surface area contributed by atoms with Crippen molar-refractivity contribution in [2.24, 2.45) is 0 Å². The van der Waals surface area contributed by atoms with E-state index in [9.17, 15) is 9.50 Å². The van der Waals surface area contributed by atoms with Crippen molar-refractivity contribution in [1.29, 1.82) is 5.26 Å². The van der Waals surface area contributed by atoms with Gasteiger partial charge in [0.05, 0.1) is 18.3 Å². The molecule has 1 rings (SSSR count). The molecule has 1 aromatic carbocycles. The van der Waals surface area contributed by atoms with Crippen molar-refractivity contribution in [2.45, 2.75) is 12.6 Å². The molecule has 0 amide bonds. The molecule has 0 bridgehead atoms. The summed E-state index contributed by atoms with van der Waals surface area (Å²) in [5.41, 5.74) is 0.874. The highest BCUT2D eigenvalue weighted by molar-refractivity contribution is 5.34. The van der Waals surface area contributed by atoms with E-state index in [1.54, 1.807) is 6.07 Å². The number of rotatable bonds is 6. The number of aliphatic hydroxyl groups is 1. The van der Waals surface area contributed by atoms with Crippen molar-refractivity contribution in [3.63, 3.8) is 0 Å². The lowest BCUT2D eigenvalue weighted by Crippen LogP contribution is -2.31. The van der Waals surface area contributed by atoms with Crippen molar-refractivity contribution in [3.8, 4) is 6.07 Å². The Kier molecular flexibility index (Phi) is 5.72. The van der Waals surface area contributed by atoms with Crippen LogP contribution in [0, 0.1) is 17.1 Å². The number of hydrogen-bond acceptors (Lipinski definition) is 4. The predicted molar refractivity (Wildman–Crippen MR) is 65.3 cm³/mol. The average Bonchev–Trinajstić information content (AvgIpc) is 2.31. The minimum absolute atomic E-state index is 0.0401. The van der Waals surface area contributed by atoms with Gasteiger partial charge in [-0.2, -0.15) is 5.26 Å². The molecule has 1 unspecified atom stereocenters. The molecule has 1 aromatic rings. The minimum atomic E-state index is -0.559. The van der Waals surface area contributed by atoms with Crippen LogP contribution in [0.15, 0.2) is 18.2 Å². The normalized spacial score (nSPS) is 12.4. The van der Waals surface area contributed by atoms with Gasteiger partial charge in [0.2, 0.25) is 0 Å². The second-order valence-corrected chi connectivity index (χ2v) is 4.23. The number of ether oxygens (including phenoxy) is 1. The zero-order chi connectivity index (χ0) is 13.5. The number of nitrogens with zero attached hydrogens (tertiary/aromatic N) is 2. The monoisotopic (exact) mass is 252 g/mol. The van der Waals surface area contributed by atoms with Crippen LogP contribution in [0.25, 0.3) is 0 Å². The van der Waals surface area contributed by atoms with E-state index in [0.717, 1.165) is 5.56 Å². The molecule has 0 aromatic heterocycles. The molecule has 0 saturated heterocycles. The first-order chi connectivity index (χ1) is 8.56. The summed E-state index contributed by atoms with van der Waals surface area (Å²) in [5, 5.41) is 18.3. The Morgan fingerprint density at radius 3 is 2.89 bits per heavy atom. The molecule has 98 valence electrons. The van der Waals surface area contributed by atoms with Gasteiger partial charge in [-0.25, -0.2) is 4.39 Å². The second kappa shape index (κ2) is 7.07. The maximum absolute atomic E-state index is 13.1. The van der Waals surface area contributed by atoms with E-state index in [-0.39, 0.29) is 12.2 Å². The lowest BCUT2D eigenvalue weighted by atomic mass is 10.1. The van der Waals surface area contributed by atoms with Gasteiger partial charge in [0.15, 0.2) is 0 Å². The van der Waals surface area contributed by atoms with Crippen molar-refractivity contribution < 1.29 is 14.2 Å². The molecule has 0 spiro atoms. The maximum atomic E-state index is 13.1. The Hall–Kier alpha value is -1.48. The first-order valence-corrected chi connectivity index (χ1v) is 5.61. The first kappa shape index (κ1) is 14.6. The summed E-state index contributed by atoms with van der Waals surface area (Å²) in [6.45, 7) is 1.26. The van der Waals surface area contributed by atoms with Crippen molar-refractivity contribution in [1.82, 2.24) is 4.90 Å². The zero-order valence-corrected chi connectivity index (χ0v) is 10.6. The summed E-state index contributed by atoms with van der Waals surface area (Å²) < 4.78 is 18.0. The number of aliphatic hydroxyl groups excluding tert-OH is 1. The highest BCUT2D eigenvalue weighted by Crippen LogP contribution is 2.11. The summed E-state index contributed by atoms with van der Waals surface area (Å²) in [6, 6.07) is 6.25. The fourth-order valence-corrected chi connectivity index (χ4v) is 1.74. The number of halogens is 1. The van der Waals surface area contributed by atoms with Gasteiger partial charge >= 0.3 is 0 Å². The van der Waals surface area contributed by atoms with Crippen LogP contribution < -0.4 is 0 Å². The molecule has 0 saturated carbocycles. The van der Waals surface area contributed by atoms with Gasteiger partial charge in [-0.3, -0.25) is 4.90 Å². The standard InChI is InChI=1S/C13H17FN2O2/c1-16(8-12(17)9-18-2)7-10-3-4-13(14)11(5-10)6-15/h3-5,12,17H,7-9H2,1-2H3. The molecule has 0 heterocycles. The average molecular weight is 252 g/mol. The van der Waals surface area contributed by atoms with Crippen LogP contribution >= 0.6 is 0 Å². The van der Waals surface area contributed by atoms with Gasteiger partial charge in [-0.1, -0.05) is 6.07 Å². The molecule has 0 aliphatic heterocycles. The van der Waals surface area contributed by atoms with Gasteiger partial charge in [-0.05, 0) is 24.7 Å². The highest BCUT2D eigenvalue weighted by Gasteiger charge is 2.09. The Labute approximate surface area is 106 Å². The van der Waals surface area contributed by atoms with E-state index < -0.39 is 11.9 Å². The molecule has 0 fully saturated rings. The number of hydrogen-bond donors (Lipinski definition) is 1. The van der Waals surface area contributed by atoms with Crippen LogP contribution in [-0.4, -0.2) is 43.4 Å². The number of nitriles is 1. The summed E-state index contributed by atoms with van der Waals surface area (Å²) in [6.07, 6.45) is -0.559. The fraction of sp³-hybridized carbons (Fsp3) is 0.462. The molecule has 0 aliphatic carbocycles. The van der Waals surface area contributed by atoms with Crippen molar-refractivity contribution in [3.05, 3.63) is 35.1 Å². The smallest absolute Gasteiger partial charge is 0.140 e. The molecule has 0 radical (unpaired) electrons. The van der Waals surface area contributed by atoms with E-state index in [0.29, 0.717) is 13.1 Å². The SMILES string of the molecule is COCC(O)CN(C)Cc1ccc(F)c(C#N)c1. The molecular weight excluding hydrogens is 235 g/mol. The van der Waals surface area contributed by atoms with Crippen LogP contribution in [0.2, 0.25) is 0 Å². The predicted octanol–water partition coefficient (Wildman–Crippen LogP) is 1.14. The molecule has 5 heteroatoms. The van der Waals surface area contributed by atoms with Crippen LogP contribution in [0.5, 0.6) is 0 Å². The number of methoxy groups -OCH3 is 1. The van der Waals surface area contributed by atoms with Crippen molar-refractivity contribution >= 4 is 0 Å². The Morgan fingerprint density at radius 2 is 2.28 bits per heavy atom. The largest absolute Gasteiger partial charge is 0.389 e. The molecule has 1 atom stereocenters. The number of benzene rings is 1. The van der Waals surface area contributed by atoms with Crippen molar-refractivity contribution in [2.75, 3.05) is 27.3 Å². The van der Waals surface area contributed by atoms with E-state index in [4.69, 9.17) is 10.00 Å². The Bertz CT molecular complexity index is 431. The third kappa shape index (κ3) is 4.41. The van der Waals surface area contributed by atoms with Gasteiger partial charge in [0.25, 0.3) is 0 Å². The number of likely N-dealkylation sites (N-methyl/N-ethyl adjacent to an activating group) is 1. The van der Waals surface area contributed by atoms with Gasteiger partial charge in [-0.15, -0.1) is 0 Å². The third-order valence-corrected chi connectivity index (χ3v) is 2.49. The lowest BCUT2D eigenvalue weighted by molar-refractivity contribution is 0.0419. The van der Waals surface area contributed by atoms with E-state index in [2.05, 4.69) is 0 Å². The molecule has 0 aliphatic rings. The Morgan fingerprint density at radius 1 is 1.56 bits per heavy atom. The van der Waals surface area contributed by atoms with Gasteiger partial charge in [0.1, 0.15) is 11.9 Å². The summed E-state index contributed by atoms with van der Waals surface area (Å²) >= 11 is 0. The Balaban J connectivity index is 2.59. The topological polar surface area (TPSA) is 56.5 Å². The fourth-order valence-electron chi connectivity index (χ4n) is 1.74. The summed E-state index contributed by atoms with van der Waals surface area (Å²) in [7, 11) is 3.37. The van der Waals surface area contributed by atoms with E-state index >= 15 is 0 Å². The zero-order valence-electron chi connectivity index (χ0n) is 10.6. The summed E-state index contributed by atoms with van der Waals surface area (Å²) in [4.78, 5) is 1.89. The lowest BCUT2D eigenvalue weighted by Gasteiger charge is -2.20. The quantitative estimate of drug-likeness (QED) is 0.824. The third-order valence-electron chi connectivity index (χ3n) is 2.49. The van der Waals surface area contributed by atoms with Crippen LogP contribution in [0.4, 0.5) is 4.39 Å². The second-order valence-electron chi connectivity index (χ2n) is 4.23. The first-order valence-electron chi connectivity index (χ1n) is 5.61. The van der Waals surface area contributed by atoms with E-state index in [1.807, 2.05) is 18.0 Å². The molecule has 4 nitrogen and oxygen atoms in total.